The Morgan fingerprint density at radius 1 is 1.03 bits per heavy atom. The molecule has 0 aromatic heterocycles. The highest BCUT2D eigenvalue weighted by Gasteiger charge is 2.30. The number of carbonyl (C=O) groups is 3. The lowest BCUT2D eigenvalue weighted by atomic mass is 10.1. The van der Waals surface area contributed by atoms with Crippen molar-refractivity contribution in [1.29, 1.82) is 0 Å². The fourth-order valence-corrected chi connectivity index (χ4v) is 4.53. The molecule has 3 aromatic rings. The number of anilines is 1. The molecular weight excluding hydrogens is 426 g/mol. The number of benzene rings is 3. The second-order valence-electron chi connectivity index (χ2n) is 8.82. The average Bonchev–Trinajstić information content (AvgIpc) is 3.11. The second kappa shape index (κ2) is 10.1. The molecule has 1 heterocycles. The Morgan fingerprint density at radius 3 is 2.44 bits per heavy atom. The van der Waals surface area contributed by atoms with Gasteiger partial charge in [0.05, 0.1) is 5.69 Å². The van der Waals surface area contributed by atoms with Crippen LogP contribution in [0.1, 0.15) is 48.2 Å². The van der Waals surface area contributed by atoms with Crippen LogP contribution in [0.5, 0.6) is 0 Å². The van der Waals surface area contributed by atoms with E-state index >= 15 is 0 Å². The van der Waals surface area contributed by atoms with Gasteiger partial charge in [0.1, 0.15) is 6.04 Å². The molecule has 6 nitrogen and oxygen atoms in total. The molecule has 0 aliphatic carbocycles. The lowest BCUT2D eigenvalue weighted by Gasteiger charge is -2.29. The fraction of sp³-hybridized carbons (Fsp3) is 0.321. The lowest BCUT2D eigenvalue weighted by molar-refractivity contribution is -0.140. The van der Waals surface area contributed by atoms with E-state index in [9.17, 15) is 14.4 Å². The average molecular weight is 458 g/mol. The number of hydrogen-bond acceptors (Lipinski definition) is 3. The summed E-state index contributed by atoms with van der Waals surface area (Å²) in [6.45, 7) is 6.97. The number of likely N-dealkylation sites (N-methyl/N-ethyl adjacent to an activating group) is 1. The van der Waals surface area contributed by atoms with Crippen molar-refractivity contribution in [2.45, 2.75) is 46.2 Å². The predicted molar refractivity (Wildman–Crippen MR) is 135 cm³/mol. The molecule has 0 radical (unpaired) electrons. The minimum absolute atomic E-state index is 0.0218. The molecule has 1 atom stereocenters. The third-order valence-corrected chi connectivity index (χ3v) is 6.41. The topological polar surface area (TPSA) is 69.7 Å². The maximum Gasteiger partial charge on any atom is 0.258 e. The standard InChI is InChI=1S/C28H31N3O3/c1-4-29-27(33)20(3)31(18-21-15-13-19(2)14-16-21)25(32)12-7-17-30-24-11-6-9-22-8-5-10-23(26(22)24)28(30)34/h5-6,8-11,13-16,20H,4,7,12,17-18H2,1-3H3,(H,29,33)/t20-/m0/s1. The highest BCUT2D eigenvalue weighted by Crippen LogP contribution is 2.37. The van der Waals surface area contributed by atoms with Gasteiger partial charge in [-0.1, -0.05) is 54.1 Å². The highest BCUT2D eigenvalue weighted by molar-refractivity contribution is 6.25. The van der Waals surface area contributed by atoms with Crippen LogP contribution in [-0.4, -0.2) is 41.8 Å². The minimum atomic E-state index is -0.583. The quantitative estimate of drug-likeness (QED) is 0.516. The van der Waals surface area contributed by atoms with Crippen molar-refractivity contribution in [3.8, 4) is 0 Å². The van der Waals surface area contributed by atoms with Gasteiger partial charge in [-0.3, -0.25) is 14.4 Å². The molecular formula is C28H31N3O3. The van der Waals surface area contributed by atoms with Crippen LogP contribution in [0.2, 0.25) is 0 Å². The normalized spacial score (nSPS) is 13.3. The Hall–Kier alpha value is -3.67. The van der Waals surface area contributed by atoms with Crippen molar-refractivity contribution in [2.75, 3.05) is 18.0 Å². The van der Waals surface area contributed by atoms with Crippen LogP contribution in [0.25, 0.3) is 10.8 Å². The summed E-state index contributed by atoms with van der Waals surface area (Å²) in [4.78, 5) is 42.2. The lowest BCUT2D eigenvalue weighted by Crippen LogP contribution is -2.47. The molecule has 3 amide bonds. The van der Waals surface area contributed by atoms with Crippen LogP contribution in [0.3, 0.4) is 0 Å². The minimum Gasteiger partial charge on any atom is -0.355 e. The van der Waals surface area contributed by atoms with Gasteiger partial charge in [-0.15, -0.1) is 0 Å². The molecule has 4 rings (SSSR count). The van der Waals surface area contributed by atoms with Gasteiger partial charge in [0.25, 0.3) is 5.91 Å². The van der Waals surface area contributed by atoms with E-state index in [0.717, 1.165) is 27.6 Å². The van der Waals surface area contributed by atoms with Crippen molar-refractivity contribution >= 4 is 34.2 Å². The number of carbonyl (C=O) groups excluding carboxylic acids is 3. The molecule has 0 saturated heterocycles. The van der Waals surface area contributed by atoms with Crippen LogP contribution in [-0.2, 0) is 16.1 Å². The monoisotopic (exact) mass is 457 g/mol. The molecule has 6 heteroatoms. The van der Waals surface area contributed by atoms with Crippen molar-refractivity contribution in [1.82, 2.24) is 10.2 Å². The van der Waals surface area contributed by atoms with Gasteiger partial charge < -0.3 is 15.1 Å². The Labute approximate surface area is 200 Å². The largest absolute Gasteiger partial charge is 0.355 e. The molecule has 3 aromatic carbocycles. The number of hydrogen-bond donors (Lipinski definition) is 1. The Balaban J connectivity index is 1.45. The maximum absolute atomic E-state index is 13.3. The summed E-state index contributed by atoms with van der Waals surface area (Å²) in [7, 11) is 0. The summed E-state index contributed by atoms with van der Waals surface area (Å²) < 4.78 is 0. The van der Waals surface area contributed by atoms with E-state index in [4.69, 9.17) is 0 Å². The number of amides is 3. The summed E-state index contributed by atoms with van der Waals surface area (Å²) in [5.41, 5.74) is 3.74. The Kier molecular flexibility index (Phi) is 6.96. The Morgan fingerprint density at radius 2 is 1.74 bits per heavy atom. The molecule has 0 bridgehead atoms. The van der Waals surface area contributed by atoms with E-state index in [0.29, 0.717) is 31.6 Å². The first-order valence-electron chi connectivity index (χ1n) is 11.9. The fourth-order valence-electron chi connectivity index (χ4n) is 4.53. The molecule has 1 N–H and O–H groups in total. The van der Waals surface area contributed by atoms with Crippen LogP contribution in [0.4, 0.5) is 5.69 Å². The van der Waals surface area contributed by atoms with E-state index in [-0.39, 0.29) is 24.1 Å². The molecule has 1 aliphatic heterocycles. The van der Waals surface area contributed by atoms with E-state index in [1.54, 1.807) is 16.7 Å². The van der Waals surface area contributed by atoms with Gasteiger partial charge >= 0.3 is 0 Å². The maximum atomic E-state index is 13.3. The van der Waals surface area contributed by atoms with Crippen LogP contribution in [0.15, 0.2) is 60.7 Å². The van der Waals surface area contributed by atoms with Gasteiger partial charge in [-0.05, 0) is 50.3 Å². The van der Waals surface area contributed by atoms with Gasteiger partial charge in [-0.25, -0.2) is 0 Å². The second-order valence-corrected chi connectivity index (χ2v) is 8.82. The number of rotatable bonds is 9. The molecule has 0 saturated carbocycles. The molecule has 1 aliphatic rings. The first-order valence-corrected chi connectivity index (χ1v) is 11.9. The predicted octanol–water partition coefficient (Wildman–Crippen LogP) is 4.44. The number of nitrogens with one attached hydrogen (secondary N) is 1. The van der Waals surface area contributed by atoms with Crippen LogP contribution >= 0.6 is 0 Å². The van der Waals surface area contributed by atoms with Gasteiger partial charge in [0, 0.05) is 37.0 Å². The first kappa shape index (κ1) is 23.5. The molecule has 0 fully saturated rings. The van der Waals surface area contributed by atoms with Crippen LogP contribution < -0.4 is 10.2 Å². The van der Waals surface area contributed by atoms with Gasteiger partial charge in [0.15, 0.2) is 0 Å². The van der Waals surface area contributed by atoms with Gasteiger partial charge in [-0.2, -0.15) is 0 Å². The third-order valence-electron chi connectivity index (χ3n) is 6.41. The Bertz CT molecular complexity index is 1210. The summed E-state index contributed by atoms with van der Waals surface area (Å²) in [6, 6.07) is 19.1. The van der Waals surface area contributed by atoms with E-state index < -0.39 is 6.04 Å². The SMILES string of the molecule is CCNC(=O)[C@H](C)N(Cc1ccc(C)cc1)C(=O)CCCN1C(=O)c2cccc3cccc1c23. The van der Waals surface area contributed by atoms with E-state index in [1.807, 2.05) is 74.5 Å². The highest BCUT2D eigenvalue weighted by atomic mass is 16.2. The molecule has 176 valence electrons. The third kappa shape index (κ3) is 4.67. The zero-order valence-electron chi connectivity index (χ0n) is 20.0. The number of aryl methyl sites for hydroxylation is 1. The van der Waals surface area contributed by atoms with Crippen molar-refractivity contribution in [3.05, 3.63) is 77.4 Å². The smallest absolute Gasteiger partial charge is 0.258 e. The zero-order chi connectivity index (χ0) is 24.2. The summed E-state index contributed by atoms with van der Waals surface area (Å²) in [6.07, 6.45) is 0.771. The zero-order valence-corrected chi connectivity index (χ0v) is 20.0. The van der Waals surface area contributed by atoms with Crippen molar-refractivity contribution < 1.29 is 14.4 Å². The summed E-state index contributed by atoms with van der Waals surface area (Å²) in [5, 5.41) is 4.84. The van der Waals surface area contributed by atoms with Crippen molar-refractivity contribution in [2.24, 2.45) is 0 Å². The molecule has 34 heavy (non-hydrogen) atoms. The van der Waals surface area contributed by atoms with E-state index in [1.165, 1.54) is 0 Å². The van der Waals surface area contributed by atoms with Gasteiger partial charge in [0.2, 0.25) is 11.8 Å². The summed E-state index contributed by atoms with van der Waals surface area (Å²) in [5.74, 6) is -0.284. The molecule has 0 spiro atoms. The van der Waals surface area contributed by atoms with Crippen molar-refractivity contribution in [3.63, 3.8) is 0 Å². The first-order chi connectivity index (χ1) is 16.4. The summed E-state index contributed by atoms with van der Waals surface area (Å²) >= 11 is 0. The number of nitrogens with zero attached hydrogens (tertiary/aromatic N) is 2. The molecule has 0 unspecified atom stereocenters. The van der Waals surface area contributed by atoms with Crippen LogP contribution in [0, 0.1) is 6.92 Å². The van der Waals surface area contributed by atoms with E-state index in [2.05, 4.69) is 5.32 Å².